The fourth-order valence-corrected chi connectivity index (χ4v) is 3.85. The highest BCUT2D eigenvalue weighted by molar-refractivity contribution is 6.31. The van der Waals surface area contributed by atoms with Crippen LogP contribution in [0.5, 0.6) is 11.5 Å². The summed E-state index contributed by atoms with van der Waals surface area (Å²) in [6.45, 7) is 2.04. The molecule has 0 aliphatic carbocycles. The molecule has 9 nitrogen and oxygen atoms in total. The molecule has 0 spiro atoms. The molecular formula is C24H28ClN3O6. The molecule has 1 fully saturated rings. The summed E-state index contributed by atoms with van der Waals surface area (Å²) in [6.07, 6.45) is 0. The van der Waals surface area contributed by atoms with Crippen LogP contribution in [0, 0.1) is 6.92 Å². The SMILES string of the molecule is COCCN(CC(=O)N1CC(=O)N(c2cccc(Cl)c2C)C1)C(=O)c1ccc(OC)cc1OC. The van der Waals surface area contributed by atoms with Gasteiger partial charge in [0.1, 0.15) is 31.3 Å². The number of amides is 3. The largest absolute Gasteiger partial charge is 0.497 e. The lowest BCUT2D eigenvalue weighted by Crippen LogP contribution is -2.44. The van der Waals surface area contributed by atoms with Crippen LogP contribution in [0.15, 0.2) is 36.4 Å². The Labute approximate surface area is 203 Å². The van der Waals surface area contributed by atoms with E-state index in [1.54, 1.807) is 36.4 Å². The van der Waals surface area contributed by atoms with Crippen LogP contribution in [-0.2, 0) is 14.3 Å². The molecular weight excluding hydrogens is 462 g/mol. The summed E-state index contributed by atoms with van der Waals surface area (Å²) in [5.41, 5.74) is 1.71. The summed E-state index contributed by atoms with van der Waals surface area (Å²) in [7, 11) is 4.49. The first-order valence-corrected chi connectivity index (χ1v) is 11.0. The van der Waals surface area contributed by atoms with Crippen LogP contribution >= 0.6 is 11.6 Å². The second-order valence-electron chi connectivity index (χ2n) is 7.72. The number of hydrogen-bond donors (Lipinski definition) is 0. The zero-order chi connectivity index (χ0) is 24.8. The molecule has 1 heterocycles. The van der Waals surface area contributed by atoms with Crippen molar-refractivity contribution in [1.82, 2.24) is 9.80 Å². The molecule has 1 saturated heterocycles. The third-order valence-electron chi connectivity index (χ3n) is 5.64. The highest BCUT2D eigenvalue weighted by Gasteiger charge is 2.34. The van der Waals surface area contributed by atoms with Crippen molar-refractivity contribution >= 4 is 35.0 Å². The highest BCUT2D eigenvalue weighted by atomic mass is 35.5. The van der Waals surface area contributed by atoms with Gasteiger partial charge in [-0.15, -0.1) is 0 Å². The first-order valence-electron chi connectivity index (χ1n) is 10.6. The second-order valence-corrected chi connectivity index (χ2v) is 8.13. The number of carbonyl (C=O) groups excluding carboxylic acids is 3. The van der Waals surface area contributed by atoms with Crippen LogP contribution in [0.1, 0.15) is 15.9 Å². The molecule has 1 aliphatic rings. The molecule has 0 radical (unpaired) electrons. The number of halogens is 1. The van der Waals surface area contributed by atoms with E-state index in [1.165, 1.54) is 36.0 Å². The maximum absolute atomic E-state index is 13.3. The van der Waals surface area contributed by atoms with Crippen molar-refractivity contribution in [3.63, 3.8) is 0 Å². The molecule has 2 aromatic carbocycles. The standard InChI is InChI=1S/C24H28ClN3O6/c1-16-19(25)6-5-7-20(16)28-15-27(14-23(28)30)22(29)13-26(10-11-32-2)24(31)18-9-8-17(33-3)12-21(18)34-4/h5-9,12H,10-11,13-15H2,1-4H3. The van der Waals surface area contributed by atoms with E-state index in [1.807, 2.05) is 6.92 Å². The van der Waals surface area contributed by atoms with Crippen molar-refractivity contribution in [2.24, 2.45) is 0 Å². The van der Waals surface area contributed by atoms with E-state index < -0.39 is 5.91 Å². The molecule has 0 aromatic heterocycles. The van der Waals surface area contributed by atoms with Crippen LogP contribution in [-0.4, -0.2) is 81.8 Å². The van der Waals surface area contributed by atoms with Crippen LogP contribution in [0.2, 0.25) is 5.02 Å². The summed E-state index contributed by atoms with van der Waals surface area (Å²) in [4.78, 5) is 43.4. The average Bonchev–Trinajstić information content (AvgIpc) is 3.23. The van der Waals surface area contributed by atoms with Crippen molar-refractivity contribution in [2.75, 3.05) is 59.1 Å². The molecule has 0 bridgehead atoms. The minimum atomic E-state index is -0.391. The number of methoxy groups -OCH3 is 3. The van der Waals surface area contributed by atoms with Gasteiger partial charge in [0, 0.05) is 30.4 Å². The van der Waals surface area contributed by atoms with Crippen LogP contribution in [0.4, 0.5) is 5.69 Å². The zero-order valence-corrected chi connectivity index (χ0v) is 20.4. The predicted octanol–water partition coefficient (Wildman–Crippen LogP) is 2.59. The summed E-state index contributed by atoms with van der Waals surface area (Å²) in [5.74, 6) is -0.0891. The number of nitrogens with zero attached hydrogens (tertiary/aromatic N) is 3. The van der Waals surface area contributed by atoms with E-state index in [4.69, 9.17) is 25.8 Å². The summed E-state index contributed by atoms with van der Waals surface area (Å²) in [6, 6.07) is 10.1. The van der Waals surface area contributed by atoms with E-state index in [9.17, 15) is 14.4 Å². The summed E-state index contributed by atoms with van der Waals surface area (Å²) >= 11 is 6.20. The second kappa shape index (κ2) is 11.2. The number of carbonyl (C=O) groups is 3. The Morgan fingerprint density at radius 3 is 2.56 bits per heavy atom. The number of anilines is 1. The third-order valence-corrected chi connectivity index (χ3v) is 6.05. The Morgan fingerprint density at radius 2 is 1.88 bits per heavy atom. The van der Waals surface area contributed by atoms with Gasteiger partial charge < -0.3 is 24.0 Å². The van der Waals surface area contributed by atoms with Crippen molar-refractivity contribution < 1.29 is 28.6 Å². The number of benzene rings is 2. The van der Waals surface area contributed by atoms with Crippen molar-refractivity contribution in [2.45, 2.75) is 6.92 Å². The van der Waals surface area contributed by atoms with Crippen LogP contribution < -0.4 is 14.4 Å². The third kappa shape index (κ3) is 5.43. The van der Waals surface area contributed by atoms with Gasteiger partial charge in [0.05, 0.1) is 26.4 Å². The van der Waals surface area contributed by atoms with Gasteiger partial charge >= 0.3 is 0 Å². The Kier molecular flexibility index (Phi) is 8.36. The lowest BCUT2D eigenvalue weighted by atomic mass is 10.1. The van der Waals surface area contributed by atoms with E-state index in [0.29, 0.717) is 27.8 Å². The first-order chi connectivity index (χ1) is 16.3. The van der Waals surface area contributed by atoms with E-state index in [2.05, 4.69) is 0 Å². The Morgan fingerprint density at radius 1 is 1.12 bits per heavy atom. The lowest BCUT2D eigenvalue weighted by Gasteiger charge is -2.26. The van der Waals surface area contributed by atoms with Crippen LogP contribution in [0.25, 0.3) is 0 Å². The van der Waals surface area contributed by atoms with Gasteiger partial charge in [0.15, 0.2) is 0 Å². The van der Waals surface area contributed by atoms with Crippen molar-refractivity contribution in [1.29, 1.82) is 0 Å². The van der Waals surface area contributed by atoms with E-state index in [0.717, 1.165) is 5.56 Å². The van der Waals surface area contributed by atoms with Crippen molar-refractivity contribution in [3.8, 4) is 11.5 Å². The molecule has 0 saturated carbocycles. The molecule has 1 aliphatic heterocycles. The Hall–Kier alpha value is -3.30. The fraction of sp³-hybridized carbons (Fsp3) is 0.375. The van der Waals surface area contributed by atoms with Gasteiger partial charge in [-0.3, -0.25) is 19.3 Å². The van der Waals surface area contributed by atoms with Gasteiger partial charge in [-0.05, 0) is 36.8 Å². The number of rotatable bonds is 9. The minimum absolute atomic E-state index is 0.0804. The summed E-state index contributed by atoms with van der Waals surface area (Å²) in [5, 5.41) is 0.542. The fourth-order valence-electron chi connectivity index (χ4n) is 3.68. The normalized spacial score (nSPS) is 13.3. The number of ether oxygens (including phenoxy) is 3. The number of hydrogen-bond acceptors (Lipinski definition) is 6. The van der Waals surface area contributed by atoms with Crippen LogP contribution in [0.3, 0.4) is 0 Å². The van der Waals surface area contributed by atoms with Gasteiger partial charge in [-0.1, -0.05) is 17.7 Å². The molecule has 2 aromatic rings. The predicted molar refractivity (Wildman–Crippen MR) is 128 cm³/mol. The quantitative estimate of drug-likeness (QED) is 0.538. The van der Waals surface area contributed by atoms with Crippen molar-refractivity contribution in [3.05, 3.63) is 52.5 Å². The maximum atomic E-state index is 13.3. The molecule has 0 unspecified atom stereocenters. The molecule has 34 heavy (non-hydrogen) atoms. The first kappa shape index (κ1) is 25.3. The molecule has 182 valence electrons. The van der Waals surface area contributed by atoms with Gasteiger partial charge in [0.2, 0.25) is 11.8 Å². The van der Waals surface area contributed by atoms with Gasteiger partial charge in [-0.2, -0.15) is 0 Å². The maximum Gasteiger partial charge on any atom is 0.258 e. The van der Waals surface area contributed by atoms with Gasteiger partial charge in [-0.25, -0.2) is 0 Å². The highest BCUT2D eigenvalue weighted by Crippen LogP contribution is 2.29. The van der Waals surface area contributed by atoms with Gasteiger partial charge in [0.25, 0.3) is 5.91 Å². The Bertz CT molecular complexity index is 1080. The smallest absolute Gasteiger partial charge is 0.258 e. The molecule has 3 rings (SSSR count). The van der Waals surface area contributed by atoms with E-state index >= 15 is 0 Å². The molecule has 0 atom stereocenters. The monoisotopic (exact) mass is 489 g/mol. The lowest BCUT2D eigenvalue weighted by molar-refractivity contribution is -0.132. The summed E-state index contributed by atoms with van der Waals surface area (Å²) < 4.78 is 15.7. The topological polar surface area (TPSA) is 88.6 Å². The average molecular weight is 490 g/mol. The molecule has 10 heteroatoms. The zero-order valence-electron chi connectivity index (χ0n) is 19.7. The minimum Gasteiger partial charge on any atom is -0.497 e. The Balaban J connectivity index is 1.78. The van der Waals surface area contributed by atoms with E-state index in [-0.39, 0.29) is 44.7 Å². The molecule has 3 amide bonds. The molecule has 0 N–H and O–H groups in total.